The highest BCUT2D eigenvalue weighted by atomic mass is 35.5. The van der Waals surface area contributed by atoms with Gasteiger partial charge in [-0.25, -0.2) is 0 Å². The molecule has 4 aromatic heterocycles. The summed E-state index contributed by atoms with van der Waals surface area (Å²) in [4.78, 5) is 0. The molecular weight excluding hydrogens is 372 g/mol. The van der Waals surface area contributed by atoms with Crippen molar-refractivity contribution < 1.29 is 9.26 Å². The van der Waals surface area contributed by atoms with Gasteiger partial charge in [-0.1, -0.05) is 23.4 Å². The fourth-order valence-corrected chi connectivity index (χ4v) is 2.88. The van der Waals surface area contributed by atoms with Crippen LogP contribution in [0.4, 0.5) is 0 Å². The summed E-state index contributed by atoms with van der Waals surface area (Å²) in [5, 5.41) is 26.5. The van der Waals surface area contributed by atoms with Gasteiger partial charge in [0.15, 0.2) is 17.2 Å². The second kappa shape index (κ2) is 6.02. The third-order valence-corrected chi connectivity index (χ3v) is 4.26. The van der Waals surface area contributed by atoms with Crippen molar-refractivity contribution in [1.82, 2.24) is 39.7 Å². The number of aromatic nitrogens is 8. The van der Waals surface area contributed by atoms with Crippen LogP contribution in [0.1, 0.15) is 5.82 Å². The van der Waals surface area contributed by atoms with E-state index in [1.54, 1.807) is 21.5 Å². The third kappa shape index (κ3) is 2.57. The molecule has 134 valence electrons. The van der Waals surface area contributed by atoms with Crippen molar-refractivity contribution in [3.8, 4) is 17.4 Å². The van der Waals surface area contributed by atoms with Crippen molar-refractivity contribution in [2.45, 2.75) is 6.61 Å². The standard InChI is InChI=1S/C16H11ClN8O2/c1-24-8-18-19-13(24)7-26-16-10-5-3-2-4-9(10)14-20-21-15(25(14)22-16)11-6-12(17)27-23-11/h2-6,8H,7H2,1H3. The van der Waals surface area contributed by atoms with Gasteiger partial charge in [0, 0.05) is 23.9 Å². The van der Waals surface area contributed by atoms with Gasteiger partial charge in [0.2, 0.25) is 16.9 Å². The number of hydrogen-bond acceptors (Lipinski definition) is 8. The maximum atomic E-state index is 5.94. The summed E-state index contributed by atoms with van der Waals surface area (Å²) in [6.07, 6.45) is 1.61. The summed E-state index contributed by atoms with van der Waals surface area (Å²) in [5.41, 5.74) is 1.00. The minimum absolute atomic E-state index is 0.154. The SMILES string of the molecule is Cn1cnnc1COc1nn2c(-c3cc(Cl)on3)nnc2c2ccccc12. The molecule has 0 aliphatic rings. The van der Waals surface area contributed by atoms with Gasteiger partial charge in [-0.05, 0) is 17.7 Å². The lowest BCUT2D eigenvalue weighted by Crippen LogP contribution is -2.06. The first-order valence-corrected chi connectivity index (χ1v) is 8.31. The summed E-state index contributed by atoms with van der Waals surface area (Å²) < 4.78 is 14.2. The number of halogens is 1. The lowest BCUT2D eigenvalue weighted by Gasteiger charge is -2.09. The number of aryl methyl sites for hydroxylation is 1. The summed E-state index contributed by atoms with van der Waals surface area (Å²) in [6, 6.07) is 9.21. The van der Waals surface area contributed by atoms with E-state index in [4.69, 9.17) is 20.9 Å². The molecule has 0 saturated carbocycles. The Hall–Kier alpha value is -3.53. The summed E-state index contributed by atoms with van der Waals surface area (Å²) in [7, 11) is 1.85. The summed E-state index contributed by atoms with van der Waals surface area (Å²) >= 11 is 5.83. The van der Waals surface area contributed by atoms with Gasteiger partial charge in [-0.2, -0.15) is 4.52 Å². The normalized spacial score (nSPS) is 11.5. The average molecular weight is 383 g/mol. The summed E-state index contributed by atoms with van der Waals surface area (Å²) in [5.74, 6) is 1.49. The van der Waals surface area contributed by atoms with E-state index in [9.17, 15) is 0 Å². The van der Waals surface area contributed by atoms with E-state index in [0.29, 0.717) is 28.9 Å². The van der Waals surface area contributed by atoms with E-state index in [-0.39, 0.29) is 11.8 Å². The minimum Gasteiger partial charge on any atom is -0.468 e. The van der Waals surface area contributed by atoms with E-state index in [1.807, 2.05) is 31.3 Å². The Balaban J connectivity index is 1.67. The monoisotopic (exact) mass is 382 g/mol. The Labute approximate surface area is 156 Å². The van der Waals surface area contributed by atoms with Gasteiger partial charge in [-0.3, -0.25) is 0 Å². The number of rotatable bonds is 4. The van der Waals surface area contributed by atoms with Crippen molar-refractivity contribution in [2.24, 2.45) is 7.05 Å². The van der Waals surface area contributed by atoms with Gasteiger partial charge in [0.05, 0.1) is 0 Å². The van der Waals surface area contributed by atoms with Crippen molar-refractivity contribution in [3.63, 3.8) is 0 Å². The van der Waals surface area contributed by atoms with Crippen molar-refractivity contribution in [3.05, 3.63) is 47.7 Å². The maximum Gasteiger partial charge on any atom is 0.240 e. The van der Waals surface area contributed by atoms with Gasteiger partial charge >= 0.3 is 0 Å². The zero-order valence-corrected chi connectivity index (χ0v) is 14.7. The zero-order chi connectivity index (χ0) is 18.4. The Morgan fingerprint density at radius 1 is 1.15 bits per heavy atom. The van der Waals surface area contributed by atoms with E-state index in [2.05, 4.69) is 30.7 Å². The number of hydrogen-bond donors (Lipinski definition) is 0. The van der Waals surface area contributed by atoms with Crippen LogP contribution < -0.4 is 4.74 Å². The number of benzene rings is 1. The van der Waals surface area contributed by atoms with Gasteiger partial charge < -0.3 is 13.8 Å². The Morgan fingerprint density at radius 2 is 2.00 bits per heavy atom. The molecule has 10 nitrogen and oxygen atoms in total. The fraction of sp³-hybridized carbons (Fsp3) is 0.125. The highest BCUT2D eigenvalue weighted by molar-refractivity contribution is 6.29. The Bertz CT molecular complexity index is 1270. The molecule has 27 heavy (non-hydrogen) atoms. The molecule has 0 aliphatic carbocycles. The summed E-state index contributed by atoms with van der Waals surface area (Å²) in [6.45, 7) is 0.215. The van der Waals surface area contributed by atoms with Crippen LogP contribution in [0.3, 0.4) is 0 Å². The van der Waals surface area contributed by atoms with Gasteiger partial charge in [0.1, 0.15) is 12.9 Å². The smallest absolute Gasteiger partial charge is 0.240 e. The molecule has 4 heterocycles. The third-order valence-electron chi connectivity index (χ3n) is 4.08. The fourth-order valence-electron chi connectivity index (χ4n) is 2.75. The quantitative estimate of drug-likeness (QED) is 0.465. The highest BCUT2D eigenvalue weighted by Crippen LogP contribution is 2.29. The zero-order valence-electron chi connectivity index (χ0n) is 13.9. The predicted octanol–water partition coefficient (Wildman–Crippen LogP) is 2.29. The van der Waals surface area contributed by atoms with E-state index < -0.39 is 0 Å². The lowest BCUT2D eigenvalue weighted by molar-refractivity contribution is 0.279. The van der Waals surface area contributed by atoms with Crippen LogP contribution in [0, 0.1) is 0 Å². The molecule has 0 aliphatic heterocycles. The number of fused-ring (bicyclic) bond motifs is 3. The van der Waals surface area contributed by atoms with E-state index in [0.717, 1.165) is 10.8 Å². The average Bonchev–Trinajstić information content (AvgIpc) is 3.39. The topological polar surface area (TPSA) is 109 Å². The molecule has 0 amide bonds. The minimum atomic E-state index is 0.154. The largest absolute Gasteiger partial charge is 0.468 e. The lowest BCUT2D eigenvalue weighted by atomic mass is 10.2. The maximum absolute atomic E-state index is 5.94. The first kappa shape index (κ1) is 15.7. The first-order valence-electron chi connectivity index (χ1n) is 7.93. The predicted molar refractivity (Wildman–Crippen MR) is 94.1 cm³/mol. The number of ether oxygens (including phenoxy) is 1. The van der Waals surface area contributed by atoms with Crippen LogP contribution in [-0.4, -0.2) is 39.7 Å². The molecule has 5 aromatic rings. The Kier molecular flexibility index (Phi) is 3.50. The van der Waals surface area contributed by atoms with Gasteiger partial charge in [0.25, 0.3) is 0 Å². The van der Waals surface area contributed by atoms with Gasteiger partial charge in [-0.15, -0.1) is 25.5 Å². The van der Waals surface area contributed by atoms with Crippen LogP contribution in [0.5, 0.6) is 5.88 Å². The van der Waals surface area contributed by atoms with Crippen molar-refractivity contribution in [2.75, 3.05) is 0 Å². The second-order valence-electron chi connectivity index (χ2n) is 5.77. The molecule has 5 rings (SSSR count). The molecule has 0 fully saturated rings. The molecule has 11 heteroatoms. The number of nitrogens with zero attached hydrogens (tertiary/aromatic N) is 8. The molecule has 0 N–H and O–H groups in total. The Morgan fingerprint density at radius 3 is 2.74 bits per heavy atom. The van der Waals surface area contributed by atoms with E-state index >= 15 is 0 Å². The molecule has 0 bridgehead atoms. The molecule has 0 spiro atoms. The van der Waals surface area contributed by atoms with Crippen LogP contribution in [-0.2, 0) is 13.7 Å². The molecular formula is C16H11ClN8O2. The van der Waals surface area contributed by atoms with Crippen LogP contribution >= 0.6 is 11.6 Å². The van der Waals surface area contributed by atoms with Crippen molar-refractivity contribution >= 4 is 28.0 Å². The highest BCUT2D eigenvalue weighted by Gasteiger charge is 2.18. The molecule has 0 saturated heterocycles. The molecule has 0 unspecified atom stereocenters. The molecule has 0 atom stereocenters. The molecule has 1 aromatic carbocycles. The van der Waals surface area contributed by atoms with Crippen LogP contribution in [0.25, 0.3) is 27.9 Å². The van der Waals surface area contributed by atoms with Crippen molar-refractivity contribution in [1.29, 1.82) is 0 Å². The molecule has 0 radical (unpaired) electrons. The van der Waals surface area contributed by atoms with E-state index in [1.165, 1.54) is 0 Å². The van der Waals surface area contributed by atoms with Crippen LogP contribution in [0.2, 0.25) is 5.22 Å². The van der Waals surface area contributed by atoms with Crippen LogP contribution in [0.15, 0.2) is 41.2 Å². The second-order valence-corrected chi connectivity index (χ2v) is 6.15. The first-order chi connectivity index (χ1) is 13.2.